The van der Waals surface area contributed by atoms with Gasteiger partial charge in [-0.3, -0.25) is 4.79 Å². The molecule has 1 heterocycles. The Morgan fingerprint density at radius 3 is 2.45 bits per heavy atom. The van der Waals surface area contributed by atoms with E-state index in [1.54, 1.807) is 4.90 Å². The maximum absolute atomic E-state index is 13.1. The SMILES string of the molecule is CN1CCN(c2cccc3ccc(C(=O)N(C)Cc4ccc(Cl)cc4)cc23)CC1. The summed E-state index contributed by atoms with van der Waals surface area (Å²) in [5.74, 6) is 0.0232. The van der Waals surface area contributed by atoms with Gasteiger partial charge in [0.1, 0.15) is 0 Å². The van der Waals surface area contributed by atoms with Crippen molar-refractivity contribution in [2.75, 3.05) is 45.2 Å². The molecule has 0 bridgehead atoms. The molecule has 1 aliphatic heterocycles. The van der Waals surface area contributed by atoms with E-state index in [1.807, 2.05) is 43.4 Å². The van der Waals surface area contributed by atoms with Crippen LogP contribution in [0, 0.1) is 0 Å². The first-order chi connectivity index (χ1) is 14.0. The summed E-state index contributed by atoms with van der Waals surface area (Å²) in [6, 6.07) is 20.0. The van der Waals surface area contributed by atoms with Gasteiger partial charge in [-0.05, 0) is 48.3 Å². The van der Waals surface area contributed by atoms with Crippen LogP contribution in [-0.4, -0.2) is 56.0 Å². The summed E-state index contributed by atoms with van der Waals surface area (Å²) < 4.78 is 0. The normalized spacial score (nSPS) is 14.9. The number of likely N-dealkylation sites (N-methyl/N-ethyl adjacent to an activating group) is 1. The molecule has 0 N–H and O–H groups in total. The van der Waals surface area contributed by atoms with Crippen molar-refractivity contribution < 1.29 is 4.79 Å². The first-order valence-electron chi connectivity index (χ1n) is 9.97. The van der Waals surface area contributed by atoms with Crippen molar-refractivity contribution in [3.8, 4) is 0 Å². The zero-order valence-corrected chi connectivity index (χ0v) is 17.7. The van der Waals surface area contributed by atoms with Crippen LogP contribution in [-0.2, 0) is 6.54 Å². The van der Waals surface area contributed by atoms with E-state index < -0.39 is 0 Å². The van der Waals surface area contributed by atoms with Gasteiger partial charge in [-0.1, -0.05) is 41.9 Å². The van der Waals surface area contributed by atoms with Crippen molar-refractivity contribution in [1.82, 2.24) is 9.80 Å². The number of carbonyl (C=O) groups is 1. The number of amides is 1. The van der Waals surface area contributed by atoms with Crippen LogP contribution in [0.15, 0.2) is 60.7 Å². The molecule has 0 radical (unpaired) electrons. The van der Waals surface area contributed by atoms with E-state index in [4.69, 9.17) is 11.6 Å². The lowest BCUT2D eigenvalue weighted by molar-refractivity contribution is 0.0785. The molecule has 4 rings (SSSR count). The maximum atomic E-state index is 13.1. The van der Waals surface area contributed by atoms with Crippen LogP contribution in [0.5, 0.6) is 0 Å². The number of anilines is 1. The Morgan fingerprint density at radius 1 is 1.00 bits per heavy atom. The molecule has 3 aromatic carbocycles. The summed E-state index contributed by atoms with van der Waals surface area (Å²) in [7, 11) is 4.00. The quantitative estimate of drug-likeness (QED) is 0.636. The zero-order chi connectivity index (χ0) is 20.4. The van der Waals surface area contributed by atoms with Gasteiger partial charge in [-0.15, -0.1) is 0 Å². The third kappa shape index (κ3) is 4.39. The lowest BCUT2D eigenvalue weighted by Gasteiger charge is -2.34. The standard InChI is InChI=1S/C24H26ClN3O/c1-26-12-14-28(15-13-26)23-5-3-4-19-8-9-20(16-22(19)23)24(29)27(2)17-18-6-10-21(25)11-7-18/h3-11,16H,12-15,17H2,1-2H3. The van der Waals surface area contributed by atoms with E-state index >= 15 is 0 Å². The highest BCUT2D eigenvalue weighted by atomic mass is 35.5. The Kier molecular flexibility index (Phi) is 5.74. The van der Waals surface area contributed by atoms with Gasteiger partial charge in [-0.25, -0.2) is 0 Å². The molecule has 0 aliphatic carbocycles. The fourth-order valence-electron chi connectivity index (χ4n) is 3.87. The predicted molar refractivity (Wildman–Crippen MR) is 121 cm³/mol. The van der Waals surface area contributed by atoms with Crippen molar-refractivity contribution in [3.63, 3.8) is 0 Å². The summed E-state index contributed by atoms with van der Waals surface area (Å²) in [4.78, 5) is 19.6. The molecule has 1 amide bonds. The Hall–Kier alpha value is -2.56. The summed E-state index contributed by atoms with van der Waals surface area (Å²) in [6.45, 7) is 4.67. The minimum atomic E-state index is 0.0232. The Labute approximate surface area is 177 Å². The highest BCUT2D eigenvalue weighted by molar-refractivity contribution is 6.30. The summed E-state index contributed by atoms with van der Waals surface area (Å²) in [6.07, 6.45) is 0. The van der Waals surface area contributed by atoms with E-state index in [2.05, 4.69) is 41.1 Å². The van der Waals surface area contributed by atoms with Crippen LogP contribution in [0.3, 0.4) is 0 Å². The van der Waals surface area contributed by atoms with Crippen molar-refractivity contribution in [2.24, 2.45) is 0 Å². The Morgan fingerprint density at radius 2 is 1.72 bits per heavy atom. The fraction of sp³-hybridized carbons (Fsp3) is 0.292. The third-order valence-electron chi connectivity index (χ3n) is 5.63. The van der Waals surface area contributed by atoms with Crippen LogP contribution in [0.1, 0.15) is 15.9 Å². The fourth-order valence-corrected chi connectivity index (χ4v) is 3.99. The second-order valence-electron chi connectivity index (χ2n) is 7.79. The number of carbonyl (C=O) groups excluding carboxylic acids is 1. The monoisotopic (exact) mass is 407 g/mol. The summed E-state index contributed by atoms with van der Waals surface area (Å²) in [5.41, 5.74) is 2.99. The van der Waals surface area contributed by atoms with Crippen LogP contribution >= 0.6 is 11.6 Å². The van der Waals surface area contributed by atoms with Gasteiger partial charge in [0.15, 0.2) is 0 Å². The van der Waals surface area contributed by atoms with Crippen LogP contribution in [0.4, 0.5) is 5.69 Å². The van der Waals surface area contributed by atoms with Gasteiger partial charge in [-0.2, -0.15) is 0 Å². The number of nitrogens with zero attached hydrogens (tertiary/aromatic N) is 3. The highest BCUT2D eigenvalue weighted by Crippen LogP contribution is 2.29. The van der Waals surface area contributed by atoms with Crippen LogP contribution in [0.2, 0.25) is 5.02 Å². The molecule has 0 unspecified atom stereocenters. The molecule has 1 fully saturated rings. The largest absolute Gasteiger partial charge is 0.368 e. The summed E-state index contributed by atoms with van der Waals surface area (Å²) in [5, 5.41) is 3.01. The van der Waals surface area contributed by atoms with Crippen molar-refractivity contribution in [2.45, 2.75) is 6.54 Å². The predicted octanol–water partition coefficient (Wildman–Crippen LogP) is 4.52. The highest BCUT2D eigenvalue weighted by Gasteiger charge is 2.18. The molecule has 1 aliphatic rings. The lowest BCUT2D eigenvalue weighted by Crippen LogP contribution is -2.44. The van der Waals surface area contributed by atoms with Crippen molar-refractivity contribution >= 4 is 34.0 Å². The molecule has 0 aromatic heterocycles. The lowest BCUT2D eigenvalue weighted by atomic mass is 10.0. The van der Waals surface area contributed by atoms with Crippen molar-refractivity contribution in [3.05, 3.63) is 76.8 Å². The first-order valence-corrected chi connectivity index (χ1v) is 10.4. The molecule has 5 heteroatoms. The van der Waals surface area contributed by atoms with Gasteiger partial charge < -0.3 is 14.7 Å². The van der Waals surface area contributed by atoms with Crippen LogP contribution < -0.4 is 4.90 Å². The molecule has 0 atom stereocenters. The molecule has 1 saturated heterocycles. The number of benzene rings is 3. The molecular formula is C24H26ClN3O. The average Bonchev–Trinajstić information content (AvgIpc) is 2.74. The number of piperazine rings is 1. The van der Waals surface area contributed by atoms with Crippen LogP contribution in [0.25, 0.3) is 10.8 Å². The molecule has 4 nitrogen and oxygen atoms in total. The number of hydrogen-bond donors (Lipinski definition) is 0. The zero-order valence-electron chi connectivity index (χ0n) is 16.9. The third-order valence-corrected chi connectivity index (χ3v) is 5.88. The average molecular weight is 408 g/mol. The van der Waals surface area contributed by atoms with Gasteiger partial charge in [0.2, 0.25) is 0 Å². The van der Waals surface area contributed by atoms with E-state index in [-0.39, 0.29) is 5.91 Å². The first kappa shape index (κ1) is 19.7. The number of fused-ring (bicyclic) bond motifs is 1. The second kappa shape index (κ2) is 8.44. The molecular weight excluding hydrogens is 382 g/mol. The van der Waals surface area contributed by atoms with Gasteiger partial charge in [0.25, 0.3) is 5.91 Å². The second-order valence-corrected chi connectivity index (χ2v) is 8.23. The van der Waals surface area contributed by atoms with E-state index in [0.717, 1.165) is 42.7 Å². The van der Waals surface area contributed by atoms with Crippen molar-refractivity contribution in [1.29, 1.82) is 0 Å². The number of rotatable bonds is 4. The van der Waals surface area contributed by atoms with E-state index in [1.165, 1.54) is 11.1 Å². The molecule has 3 aromatic rings. The van der Waals surface area contributed by atoms with E-state index in [9.17, 15) is 4.79 Å². The Bertz CT molecular complexity index is 1010. The van der Waals surface area contributed by atoms with Gasteiger partial charge in [0, 0.05) is 61.4 Å². The molecule has 150 valence electrons. The minimum absolute atomic E-state index is 0.0232. The topological polar surface area (TPSA) is 26.8 Å². The smallest absolute Gasteiger partial charge is 0.253 e. The molecule has 29 heavy (non-hydrogen) atoms. The van der Waals surface area contributed by atoms with Gasteiger partial charge in [0.05, 0.1) is 0 Å². The maximum Gasteiger partial charge on any atom is 0.253 e. The summed E-state index contributed by atoms with van der Waals surface area (Å²) >= 11 is 5.96. The molecule has 0 spiro atoms. The van der Waals surface area contributed by atoms with Gasteiger partial charge >= 0.3 is 0 Å². The Balaban J connectivity index is 1.59. The van der Waals surface area contributed by atoms with E-state index in [0.29, 0.717) is 11.6 Å². The number of hydrogen-bond acceptors (Lipinski definition) is 3. The minimum Gasteiger partial charge on any atom is -0.368 e. The molecule has 0 saturated carbocycles. The number of halogens is 1.